The van der Waals surface area contributed by atoms with Crippen molar-refractivity contribution < 1.29 is 4.79 Å². The lowest BCUT2D eigenvalue weighted by Crippen LogP contribution is -2.22. The fraction of sp³-hybridized carbons (Fsp3) is 0.389. The van der Waals surface area contributed by atoms with E-state index in [0.717, 1.165) is 24.9 Å². The molecule has 0 heterocycles. The Morgan fingerprint density at radius 3 is 2.19 bits per heavy atom. The quantitative estimate of drug-likeness (QED) is 0.818. The molecule has 3 nitrogen and oxygen atoms in total. The van der Waals surface area contributed by atoms with E-state index in [2.05, 4.69) is 54.0 Å². The highest BCUT2D eigenvalue weighted by atomic mass is 16.1. The molecule has 0 atom stereocenters. The van der Waals surface area contributed by atoms with Gasteiger partial charge in [-0.2, -0.15) is 0 Å². The van der Waals surface area contributed by atoms with Crippen molar-refractivity contribution in [3.63, 3.8) is 0 Å². The van der Waals surface area contributed by atoms with E-state index in [9.17, 15) is 4.79 Å². The molecule has 2 aromatic carbocycles. The van der Waals surface area contributed by atoms with Gasteiger partial charge in [-0.3, -0.25) is 4.79 Å². The van der Waals surface area contributed by atoms with Crippen molar-refractivity contribution in [3.05, 3.63) is 47.5 Å². The van der Waals surface area contributed by atoms with Crippen molar-refractivity contribution in [1.29, 1.82) is 0 Å². The molecule has 0 saturated heterocycles. The van der Waals surface area contributed by atoms with Crippen LogP contribution in [0.25, 0.3) is 10.8 Å². The van der Waals surface area contributed by atoms with Gasteiger partial charge in [-0.25, -0.2) is 0 Å². The van der Waals surface area contributed by atoms with Crippen LogP contribution in [0.5, 0.6) is 0 Å². The molecule has 112 valence electrons. The third kappa shape index (κ3) is 4.57. The van der Waals surface area contributed by atoms with Gasteiger partial charge in [-0.05, 0) is 47.5 Å². The minimum Gasteiger partial charge on any atom is -0.352 e. The molecule has 0 aliphatic rings. The summed E-state index contributed by atoms with van der Waals surface area (Å²) in [5.74, 6) is 0.140. The summed E-state index contributed by atoms with van der Waals surface area (Å²) in [5, 5.41) is 8.60. The highest BCUT2D eigenvalue weighted by Gasteiger charge is 2.02. The number of carbonyl (C=O) groups is 1. The third-order valence-corrected chi connectivity index (χ3v) is 3.60. The molecule has 0 radical (unpaired) electrons. The number of benzene rings is 2. The summed E-state index contributed by atoms with van der Waals surface area (Å²) >= 11 is 0. The van der Waals surface area contributed by atoms with E-state index in [0.29, 0.717) is 13.0 Å². The molecule has 3 heteroatoms. The Morgan fingerprint density at radius 1 is 1.00 bits per heavy atom. The monoisotopic (exact) mass is 284 g/mol. The molecule has 1 amide bonds. The zero-order chi connectivity index (χ0) is 15.1. The van der Waals surface area contributed by atoms with E-state index in [1.165, 1.54) is 16.3 Å². The van der Waals surface area contributed by atoms with E-state index in [4.69, 9.17) is 0 Å². The summed E-state index contributed by atoms with van der Waals surface area (Å²) in [4.78, 5) is 11.6. The number of unbranched alkanes of at least 4 members (excludes halogenated alkanes) is 1. The zero-order valence-corrected chi connectivity index (χ0v) is 12.9. The highest BCUT2D eigenvalue weighted by Crippen LogP contribution is 2.18. The third-order valence-electron chi connectivity index (χ3n) is 3.60. The van der Waals surface area contributed by atoms with Crippen LogP contribution in [-0.4, -0.2) is 13.0 Å². The standard InChI is InChI=1S/C18H24N2O/c1-3-4-5-18(21)20-13-15-7-9-16-10-14(12-19-2)6-8-17(16)11-15/h6-11,19H,3-5,12-13H2,1-2H3,(H,20,21). The maximum Gasteiger partial charge on any atom is 0.220 e. The Kier molecular flexibility index (Phi) is 5.76. The first kappa shape index (κ1) is 15.5. The van der Waals surface area contributed by atoms with Gasteiger partial charge in [0, 0.05) is 19.5 Å². The Bertz CT molecular complexity index is 607. The van der Waals surface area contributed by atoms with Crippen LogP contribution in [0, 0.1) is 0 Å². The van der Waals surface area contributed by atoms with Crippen LogP contribution in [0.3, 0.4) is 0 Å². The van der Waals surface area contributed by atoms with Gasteiger partial charge in [0.1, 0.15) is 0 Å². The number of amides is 1. The Balaban J connectivity index is 2.02. The van der Waals surface area contributed by atoms with Gasteiger partial charge >= 0.3 is 0 Å². The Labute approximate surface area is 126 Å². The lowest BCUT2D eigenvalue weighted by molar-refractivity contribution is -0.121. The van der Waals surface area contributed by atoms with Crippen LogP contribution in [0.1, 0.15) is 37.3 Å². The predicted octanol–water partition coefficient (Wildman–Crippen LogP) is 3.37. The average Bonchev–Trinajstić information content (AvgIpc) is 2.51. The summed E-state index contributed by atoms with van der Waals surface area (Å²) in [6, 6.07) is 12.9. The van der Waals surface area contributed by atoms with Crippen molar-refractivity contribution >= 4 is 16.7 Å². The van der Waals surface area contributed by atoms with Crippen LogP contribution in [0.4, 0.5) is 0 Å². The minimum absolute atomic E-state index is 0.140. The molecule has 0 fully saturated rings. The molecule has 2 N–H and O–H groups in total. The normalized spacial score (nSPS) is 10.8. The molecule has 0 saturated carbocycles. The van der Waals surface area contributed by atoms with E-state index < -0.39 is 0 Å². The van der Waals surface area contributed by atoms with Crippen molar-refractivity contribution in [1.82, 2.24) is 10.6 Å². The van der Waals surface area contributed by atoms with Crippen LogP contribution in [0.2, 0.25) is 0 Å². The first-order chi connectivity index (χ1) is 10.2. The van der Waals surface area contributed by atoms with E-state index in [-0.39, 0.29) is 5.91 Å². The van der Waals surface area contributed by atoms with Crippen molar-refractivity contribution in [3.8, 4) is 0 Å². The number of carbonyl (C=O) groups excluding carboxylic acids is 1. The lowest BCUT2D eigenvalue weighted by atomic mass is 10.0. The van der Waals surface area contributed by atoms with Gasteiger partial charge in [0.25, 0.3) is 0 Å². The largest absolute Gasteiger partial charge is 0.352 e. The second-order valence-electron chi connectivity index (χ2n) is 5.43. The minimum atomic E-state index is 0.140. The molecule has 0 aliphatic heterocycles. The van der Waals surface area contributed by atoms with E-state index in [1.54, 1.807) is 0 Å². The molecule has 21 heavy (non-hydrogen) atoms. The summed E-state index contributed by atoms with van der Waals surface area (Å²) < 4.78 is 0. The van der Waals surface area contributed by atoms with Gasteiger partial charge < -0.3 is 10.6 Å². The van der Waals surface area contributed by atoms with Gasteiger partial charge in [0.2, 0.25) is 5.91 Å². The first-order valence-corrected chi connectivity index (χ1v) is 7.66. The maximum absolute atomic E-state index is 11.6. The number of nitrogens with one attached hydrogen (secondary N) is 2. The Hall–Kier alpha value is -1.87. The maximum atomic E-state index is 11.6. The van der Waals surface area contributed by atoms with Crippen molar-refractivity contribution in [2.24, 2.45) is 0 Å². The lowest BCUT2D eigenvalue weighted by Gasteiger charge is -2.08. The fourth-order valence-corrected chi connectivity index (χ4v) is 2.40. The second kappa shape index (κ2) is 7.79. The molecule has 0 aromatic heterocycles. The molecular weight excluding hydrogens is 260 g/mol. The fourth-order valence-electron chi connectivity index (χ4n) is 2.40. The molecule has 0 aliphatic carbocycles. The molecule has 0 unspecified atom stereocenters. The molecule has 2 rings (SSSR count). The molecule has 0 spiro atoms. The smallest absolute Gasteiger partial charge is 0.220 e. The second-order valence-corrected chi connectivity index (χ2v) is 5.43. The zero-order valence-electron chi connectivity index (χ0n) is 12.9. The SMILES string of the molecule is CCCCC(=O)NCc1ccc2cc(CNC)ccc2c1. The van der Waals surface area contributed by atoms with Crippen LogP contribution in [0.15, 0.2) is 36.4 Å². The number of rotatable bonds is 7. The van der Waals surface area contributed by atoms with Crippen LogP contribution >= 0.6 is 0 Å². The molecule has 2 aromatic rings. The highest BCUT2D eigenvalue weighted by molar-refractivity contribution is 5.84. The number of fused-ring (bicyclic) bond motifs is 1. The Morgan fingerprint density at radius 2 is 1.62 bits per heavy atom. The van der Waals surface area contributed by atoms with Crippen molar-refractivity contribution in [2.45, 2.75) is 39.3 Å². The number of hydrogen-bond donors (Lipinski definition) is 2. The van der Waals surface area contributed by atoms with Gasteiger partial charge in [0.05, 0.1) is 0 Å². The van der Waals surface area contributed by atoms with Gasteiger partial charge in [0.15, 0.2) is 0 Å². The average molecular weight is 284 g/mol. The molecule has 0 bridgehead atoms. The summed E-state index contributed by atoms with van der Waals surface area (Å²) in [7, 11) is 1.95. The summed E-state index contributed by atoms with van der Waals surface area (Å²) in [6.07, 6.45) is 2.63. The van der Waals surface area contributed by atoms with Gasteiger partial charge in [-0.15, -0.1) is 0 Å². The summed E-state index contributed by atoms with van der Waals surface area (Å²) in [6.45, 7) is 3.58. The first-order valence-electron chi connectivity index (χ1n) is 7.66. The van der Waals surface area contributed by atoms with Crippen molar-refractivity contribution in [2.75, 3.05) is 7.05 Å². The molecular formula is C18H24N2O. The predicted molar refractivity (Wildman–Crippen MR) is 88.1 cm³/mol. The van der Waals surface area contributed by atoms with Crippen LogP contribution in [-0.2, 0) is 17.9 Å². The topological polar surface area (TPSA) is 41.1 Å². The van der Waals surface area contributed by atoms with Crippen LogP contribution < -0.4 is 10.6 Å². The van der Waals surface area contributed by atoms with E-state index in [1.807, 2.05) is 7.05 Å². The number of hydrogen-bond acceptors (Lipinski definition) is 2. The van der Waals surface area contributed by atoms with Gasteiger partial charge in [-0.1, -0.05) is 37.6 Å². The summed E-state index contributed by atoms with van der Waals surface area (Å²) in [5.41, 5.74) is 2.43. The van der Waals surface area contributed by atoms with E-state index >= 15 is 0 Å².